The number of halogens is 1. The molecule has 1 atom stereocenters. The number of hydrogen-bond donors (Lipinski definition) is 1. The molecule has 1 aromatic heterocycles. The van der Waals surface area contributed by atoms with Gasteiger partial charge in [-0.15, -0.1) is 11.3 Å². The molecule has 1 heterocycles. The van der Waals surface area contributed by atoms with Crippen LogP contribution in [0.4, 0.5) is 0 Å². The molecular formula is C14H17ClN2S. The first-order valence-corrected chi connectivity index (χ1v) is 7.40. The van der Waals surface area contributed by atoms with Crippen molar-refractivity contribution in [3.8, 4) is 0 Å². The lowest BCUT2D eigenvalue weighted by Gasteiger charge is -2.17. The minimum Gasteiger partial charge on any atom is -0.314 e. The van der Waals surface area contributed by atoms with Gasteiger partial charge in [-0.05, 0) is 24.6 Å². The fourth-order valence-electron chi connectivity index (χ4n) is 2.00. The highest BCUT2D eigenvalue weighted by Gasteiger charge is 2.12. The van der Waals surface area contributed by atoms with Gasteiger partial charge in [0.15, 0.2) is 0 Å². The third-order valence-corrected chi connectivity index (χ3v) is 3.99. The minimum absolute atomic E-state index is 0.390. The molecule has 0 aliphatic rings. The van der Waals surface area contributed by atoms with Crippen LogP contribution in [-0.2, 0) is 12.8 Å². The van der Waals surface area contributed by atoms with Crippen LogP contribution in [0.15, 0.2) is 35.8 Å². The summed E-state index contributed by atoms with van der Waals surface area (Å²) in [6, 6.07) is 8.43. The quantitative estimate of drug-likeness (QED) is 0.875. The number of aromatic nitrogens is 1. The number of thiazole rings is 1. The molecule has 0 amide bonds. The normalized spacial score (nSPS) is 12.6. The van der Waals surface area contributed by atoms with E-state index in [2.05, 4.69) is 23.3 Å². The summed E-state index contributed by atoms with van der Waals surface area (Å²) in [5.74, 6) is 0. The van der Waals surface area contributed by atoms with Crippen molar-refractivity contribution in [2.24, 2.45) is 0 Å². The summed E-state index contributed by atoms with van der Waals surface area (Å²) >= 11 is 7.92. The van der Waals surface area contributed by atoms with Gasteiger partial charge >= 0.3 is 0 Å². The van der Waals surface area contributed by atoms with Crippen molar-refractivity contribution < 1.29 is 0 Å². The third kappa shape index (κ3) is 3.80. The number of benzene rings is 1. The van der Waals surface area contributed by atoms with E-state index in [-0.39, 0.29) is 0 Å². The molecule has 1 N–H and O–H groups in total. The number of nitrogens with one attached hydrogen (secondary N) is 1. The van der Waals surface area contributed by atoms with Gasteiger partial charge in [-0.3, -0.25) is 0 Å². The van der Waals surface area contributed by atoms with Crippen LogP contribution in [0.1, 0.15) is 17.5 Å². The third-order valence-electron chi connectivity index (χ3n) is 2.82. The number of likely N-dealkylation sites (N-methyl/N-ethyl adjacent to an activating group) is 1. The molecule has 0 spiro atoms. The molecule has 0 aliphatic carbocycles. The van der Waals surface area contributed by atoms with Gasteiger partial charge in [-0.2, -0.15) is 0 Å². The van der Waals surface area contributed by atoms with Gasteiger partial charge in [0.1, 0.15) is 0 Å². The van der Waals surface area contributed by atoms with E-state index >= 15 is 0 Å². The molecule has 96 valence electrons. The first-order chi connectivity index (χ1) is 8.79. The molecule has 0 saturated heterocycles. The smallest absolute Gasteiger partial charge is 0.0940 e. The Kier molecular flexibility index (Phi) is 5.17. The van der Waals surface area contributed by atoms with Gasteiger partial charge in [0.2, 0.25) is 0 Å². The Balaban J connectivity index is 2.04. The van der Waals surface area contributed by atoms with Crippen LogP contribution in [0.3, 0.4) is 0 Å². The Labute approximate surface area is 117 Å². The predicted octanol–water partition coefficient (Wildman–Crippen LogP) is 3.56. The average Bonchev–Trinajstić information content (AvgIpc) is 2.85. The lowest BCUT2D eigenvalue weighted by molar-refractivity contribution is 0.520. The molecule has 0 aliphatic heterocycles. The first kappa shape index (κ1) is 13.5. The van der Waals surface area contributed by atoms with E-state index in [1.165, 1.54) is 10.6 Å². The van der Waals surface area contributed by atoms with Gasteiger partial charge in [-0.1, -0.05) is 36.7 Å². The summed E-state index contributed by atoms with van der Waals surface area (Å²) in [6.45, 7) is 3.09. The van der Waals surface area contributed by atoms with Crippen LogP contribution in [0.25, 0.3) is 0 Å². The summed E-state index contributed by atoms with van der Waals surface area (Å²) in [4.78, 5) is 4.35. The largest absolute Gasteiger partial charge is 0.314 e. The number of rotatable bonds is 6. The Bertz CT molecular complexity index is 470. The van der Waals surface area contributed by atoms with Crippen LogP contribution >= 0.6 is 22.9 Å². The SMILES string of the molecule is CCNC(Cc1nccs1)Cc1ccccc1Cl. The second-order valence-corrected chi connectivity index (χ2v) is 5.57. The Hall–Kier alpha value is -0.900. The highest BCUT2D eigenvalue weighted by atomic mass is 35.5. The van der Waals surface area contributed by atoms with E-state index in [4.69, 9.17) is 11.6 Å². The van der Waals surface area contributed by atoms with E-state index in [9.17, 15) is 0 Å². The standard InChI is InChI=1S/C14H17ClN2S/c1-2-16-12(10-14-17-7-8-18-14)9-11-5-3-4-6-13(11)15/h3-8,12,16H,2,9-10H2,1H3. The van der Waals surface area contributed by atoms with E-state index in [1.807, 2.05) is 29.8 Å². The van der Waals surface area contributed by atoms with E-state index < -0.39 is 0 Å². The van der Waals surface area contributed by atoms with Crippen molar-refractivity contribution in [3.63, 3.8) is 0 Å². The zero-order chi connectivity index (χ0) is 12.8. The van der Waals surface area contributed by atoms with Gasteiger partial charge < -0.3 is 5.32 Å². The summed E-state index contributed by atoms with van der Waals surface area (Å²) in [5.41, 5.74) is 1.20. The monoisotopic (exact) mass is 280 g/mol. The first-order valence-electron chi connectivity index (χ1n) is 6.14. The number of hydrogen-bond acceptors (Lipinski definition) is 3. The molecule has 4 heteroatoms. The molecule has 18 heavy (non-hydrogen) atoms. The fourth-order valence-corrected chi connectivity index (χ4v) is 2.91. The second kappa shape index (κ2) is 6.88. The summed E-state index contributed by atoms with van der Waals surface area (Å²) in [7, 11) is 0. The molecule has 0 fully saturated rings. The molecule has 0 bridgehead atoms. The van der Waals surface area contributed by atoms with Crippen molar-refractivity contribution in [3.05, 3.63) is 51.4 Å². The maximum absolute atomic E-state index is 6.21. The summed E-state index contributed by atoms with van der Waals surface area (Å²) < 4.78 is 0. The lowest BCUT2D eigenvalue weighted by atomic mass is 10.0. The van der Waals surface area contributed by atoms with Crippen LogP contribution < -0.4 is 5.32 Å². The van der Waals surface area contributed by atoms with Crippen molar-refractivity contribution in [1.29, 1.82) is 0 Å². The Morgan fingerprint density at radius 3 is 2.83 bits per heavy atom. The summed E-state index contributed by atoms with van der Waals surface area (Å²) in [5, 5.41) is 7.55. The van der Waals surface area contributed by atoms with Crippen molar-refractivity contribution in [2.75, 3.05) is 6.54 Å². The van der Waals surface area contributed by atoms with Crippen LogP contribution in [0.2, 0.25) is 5.02 Å². The molecule has 0 saturated carbocycles. The molecule has 1 unspecified atom stereocenters. The van der Waals surface area contributed by atoms with Crippen molar-refractivity contribution >= 4 is 22.9 Å². The summed E-state index contributed by atoms with van der Waals surface area (Å²) in [6.07, 6.45) is 3.75. The van der Waals surface area contributed by atoms with E-state index in [0.29, 0.717) is 6.04 Å². The molecule has 2 aromatic rings. The highest BCUT2D eigenvalue weighted by molar-refractivity contribution is 7.09. The van der Waals surface area contributed by atoms with Gasteiger partial charge in [0, 0.05) is 29.1 Å². The van der Waals surface area contributed by atoms with E-state index in [1.54, 1.807) is 11.3 Å². The van der Waals surface area contributed by atoms with Gasteiger partial charge in [0.25, 0.3) is 0 Å². The second-order valence-electron chi connectivity index (χ2n) is 4.18. The zero-order valence-electron chi connectivity index (χ0n) is 10.4. The lowest BCUT2D eigenvalue weighted by Crippen LogP contribution is -2.33. The maximum atomic E-state index is 6.21. The van der Waals surface area contributed by atoms with Gasteiger partial charge in [-0.25, -0.2) is 4.98 Å². The fraction of sp³-hybridized carbons (Fsp3) is 0.357. The topological polar surface area (TPSA) is 24.9 Å². The minimum atomic E-state index is 0.390. The molecule has 0 radical (unpaired) electrons. The highest BCUT2D eigenvalue weighted by Crippen LogP contribution is 2.18. The van der Waals surface area contributed by atoms with Crippen molar-refractivity contribution in [1.82, 2.24) is 10.3 Å². The predicted molar refractivity (Wildman–Crippen MR) is 78.4 cm³/mol. The molecule has 1 aromatic carbocycles. The van der Waals surface area contributed by atoms with Crippen molar-refractivity contribution in [2.45, 2.75) is 25.8 Å². The Morgan fingerprint density at radius 1 is 1.33 bits per heavy atom. The average molecular weight is 281 g/mol. The molecular weight excluding hydrogens is 264 g/mol. The maximum Gasteiger partial charge on any atom is 0.0940 e. The van der Waals surface area contributed by atoms with E-state index in [0.717, 1.165) is 24.4 Å². The van der Waals surface area contributed by atoms with Crippen LogP contribution in [0.5, 0.6) is 0 Å². The Morgan fingerprint density at radius 2 is 2.17 bits per heavy atom. The number of nitrogens with zero attached hydrogens (tertiary/aromatic N) is 1. The van der Waals surface area contributed by atoms with Gasteiger partial charge in [0.05, 0.1) is 5.01 Å². The molecule has 2 nitrogen and oxygen atoms in total. The molecule has 2 rings (SSSR count). The van der Waals surface area contributed by atoms with Crippen LogP contribution in [-0.4, -0.2) is 17.6 Å². The van der Waals surface area contributed by atoms with Crippen LogP contribution in [0, 0.1) is 0 Å². The zero-order valence-corrected chi connectivity index (χ0v) is 12.0.